The molecule has 1 saturated carbocycles. The molecule has 2 N–H and O–H groups in total. The Morgan fingerprint density at radius 1 is 1.09 bits per heavy atom. The van der Waals surface area contributed by atoms with Crippen LogP contribution in [0, 0.1) is 13.8 Å². The molecule has 1 aliphatic heterocycles. The third-order valence-electron chi connectivity index (χ3n) is 5.46. The zero-order chi connectivity index (χ0) is 22.3. The molecule has 1 aromatic heterocycles. The van der Waals surface area contributed by atoms with Crippen molar-refractivity contribution in [2.75, 3.05) is 38.0 Å². The van der Waals surface area contributed by atoms with Crippen LogP contribution < -0.4 is 10.6 Å². The molecular weight excluding hydrogens is 418 g/mol. The van der Waals surface area contributed by atoms with Gasteiger partial charge in [0, 0.05) is 50.2 Å². The minimum absolute atomic E-state index is 0.471. The van der Waals surface area contributed by atoms with Gasteiger partial charge in [0.05, 0.1) is 0 Å². The molecule has 0 amide bonds. The average Bonchev–Trinajstić information content (AvgIpc) is 3.58. The van der Waals surface area contributed by atoms with Gasteiger partial charge in [-0.1, -0.05) is 42.5 Å². The van der Waals surface area contributed by atoms with Crippen LogP contribution in [0.5, 0.6) is 0 Å². The van der Waals surface area contributed by atoms with Gasteiger partial charge in [-0.25, -0.2) is 9.97 Å². The van der Waals surface area contributed by atoms with Crippen molar-refractivity contribution in [3.05, 3.63) is 59.4 Å². The lowest BCUT2D eigenvalue weighted by Gasteiger charge is -2.35. The summed E-state index contributed by atoms with van der Waals surface area (Å²) >= 11 is 5.48. The lowest BCUT2D eigenvalue weighted by molar-refractivity contribution is 0.198. The summed E-state index contributed by atoms with van der Waals surface area (Å²) in [6, 6.07) is 12.8. The van der Waals surface area contributed by atoms with Crippen molar-refractivity contribution in [2.45, 2.75) is 32.7 Å². The highest BCUT2D eigenvalue weighted by Crippen LogP contribution is 2.19. The Balaban J connectivity index is 1.38. The fourth-order valence-corrected chi connectivity index (χ4v) is 3.89. The van der Waals surface area contributed by atoms with Crippen molar-refractivity contribution in [1.82, 2.24) is 25.1 Å². The van der Waals surface area contributed by atoms with E-state index in [1.807, 2.05) is 26.0 Å². The summed E-state index contributed by atoms with van der Waals surface area (Å²) in [4.78, 5) is 18.4. The molecule has 2 fully saturated rings. The van der Waals surface area contributed by atoms with E-state index >= 15 is 0 Å². The Morgan fingerprint density at radius 3 is 2.44 bits per heavy atom. The average molecular weight is 450 g/mol. The first-order valence-corrected chi connectivity index (χ1v) is 11.6. The van der Waals surface area contributed by atoms with Gasteiger partial charge < -0.3 is 10.2 Å². The molecule has 0 radical (unpaired) electrons. The molecule has 2 aromatic rings. The van der Waals surface area contributed by atoms with Crippen molar-refractivity contribution in [1.29, 1.82) is 0 Å². The number of hydrogen-bond acceptors (Lipinski definition) is 4. The maximum atomic E-state index is 5.48. The number of anilines is 1. The van der Waals surface area contributed by atoms with Gasteiger partial charge in [-0.2, -0.15) is 4.99 Å². The number of nitrogens with one attached hydrogen (secondary N) is 2. The molecule has 4 rings (SSSR count). The molecule has 2 heterocycles. The fraction of sp³-hybridized carbons (Fsp3) is 0.417. The van der Waals surface area contributed by atoms with E-state index in [9.17, 15) is 0 Å². The lowest BCUT2D eigenvalue weighted by Crippen LogP contribution is -2.51. The lowest BCUT2D eigenvalue weighted by atomic mass is 10.2. The summed E-state index contributed by atoms with van der Waals surface area (Å²) in [6.45, 7) is 8.51. The smallest absolute Gasteiger partial charge is 0.229 e. The SMILES string of the molecule is Cc1cc(C)nc(N/C(=N/C(=S)NC2CC2)N2CCN(C/C=C/c3ccccc3)CC2)n1. The van der Waals surface area contributed by atoms with Gasteiger partial charge in [0.1, 0.15) is 0 Å². The summed E-state index contributed by atoms with van der Waals surface area (Å²) < 4.78 is 0. The van der Waals surface area contributed by atoms with Crippen LogP contribution in [0.1, 0.15) is 29.8 Å². The number of thiocarbonyl (C=S) groups is 1. The number of rotatable bonds is 5. The number of piperazine rings is 1. The fourth-order valence-electron chi connectivity index (χ4n) is 3.63. The van der Waals surface area contributed by atoms with Crippen molar-refractivity contribution < 1.29 is 0 Å². The first-order valence-electron chi connectivity index (χ1n) is 11.2. The van der Waals surface area contributed by atoms with Crippen molar-refractivity contribution in [3.8, 4) is 0 Å². The van der Waals surface area contributed by atoms with Crippen LogP contribution in [0.3, 0.4) is 0 Å². The highest BCUT2D eigenvalue weighted by atomic mass is 32.1. The summed E-state index contributed by atoms with van der Waals surface area (Å²) in [5.41, 5.74) is 3.08. The monoisotopic (exact) mass is 449 g/mol. The third-order valence-corrected chi connectivity index (χ3v) is 5.67. The molecule has 0 spiro atoms. The second kappa shape index (κ2) is 10.7. The number of nitrogens with zero attached hydrogens (tertiary/aromatic N) is 5. The van der Waals surface area contributed by atoms with Crippen LogP contribution in [-0.4, -0.2) is 69.6 Å². The van der Waals surface area contributed by atoms with Crippen molar-refractivity contribution in [3.63, 3.8) is 0 Å². The molecule has 7 nitrogen and oxygen atoms in total. The van der Waals surface area contributed by atoms with Crippen molar-refractivity contribution in [2.24, 2.45) is 4.99 Å². The number of benzene rings is 1. The molecule has 1 aliphatic carbocycles. The van der Waals surface area contributed by atoms with E-state index in [1.54, 1.807) is 0 Å². The molecule has 32 heavy (non-hydrogen) atoms. The van der Waals surface area contributed by atoms with Crippen molar-refractivity contribution >= 4 is 35.3 Å². The zero-order valence-electron chi connectivity index (χ0n) is 18.8. The Morgan fingerprint density at radius 2 is 1.78 bits per heavy atom. The number of aliphatic imine (C=N–C) groups is 1. The quantitative estimate of drug-likeness (QED) is 0.413. The van der Waals surface area contributed by atoms with E-state index in [-0.39, 0.29) is 0 Å². The minimum Gasteiger partial charge on any atom is -0.358 e. The zero-order valence-corrected chi connectivity index (χ0v) is 19.6. The molecule has 168 valence electrons. The van der Waals surface area contributed by atoms with E-state index in [4.69, 9.17) is 17.2 Å². The summed E-state index contributed by atoms with van der Waals surface area (Å²) in [5.74, 6) is 1.27. The summed E-state index contributed by atoms with van der Waals surface area (Å²) in [7, 11) is 0. The predicted molar refractivity (Wildman–Crippen MR) is 135 cm³/mol. The van der Waals surface area contributed by atoms with Crippen LogP contribution in [0.25, 0.3) is 6.08 Å². The Hall–Kier alpha value is -2.84. The minimum atomic E-state index is 0.471. The van der Waals surface area contributed by atoms with Crippen LogP contribution >= 0.6 is 12.2 Å². The maximum absolute atomic E-state index is 5.48. The van der Waals surface area contributed by atoms with Crippen LogP contribution in [0.2, 0.25) is 0 Å². The largest absolute Gasteiger partial charge is 0.358 e. The number of aryl methyl sites for hydroxylation is 2. The maximum Gasteiger partial charge on any atom is 0.229 e. The standard InChI is InChI=1S/C24H31N7S/c1-18-17-19(2)26-22(25-18)28-23(29-24(32)27-21-10-11-21)31-15-13-30(14-16-31)12-6-9-20-7-4-3-5-8-20/h3-9,17,21H,10-16H2,1-2H3,(H2,25,26,27,28,29,32)/b9-6+. The first kappa shape index (κ1) is 22.4. The molecule has 0 bridgehead atoms. The van der Waals surface area contributed by atoms with Gasteiger partial charge >= 0.3 is 0 Å². The highest BCUT2D eigenvalue weighted by molar-refractivity contribution is 7.80. The second-order valence-corrected chi connectivity index (χ2v) is 8.75. The first-order chi connectivity index (χ1) is 15.5. The molecule has 1 aromatic carbocycles. The van der Waals surface area contributed by atoms with Gasteiger partial charge in [-0.3, -0.25) is 10.2 Å². The second-order valence-electron chi connectivity index (χ2n) is 8.36. The Labute approximate surface area is 195 Å². The molecule has 0 atom stereocenters. The van der Waals surface area contributed by atoms with Crippen LogP contribution in [-0.2, 0) is 0 Å². The van der Waals surface area contributed by atoms with Gasteiger partial charge in [0.2, 0.25) is 11.9 Å². The molecule has 0 unspecified atom stereocenters. The van der Waals surface area contributed by atoms with Crippen LogP contribution in [0.15, 0.2) is 47.5 Å². The van der Waals surface area contributed by atoms with E-state index in [1.165, 1.54) is 5.56 Å². The molecule has 8 heteroatoms. The van der Waals surface area contributed by atoms with Gasteiger partial charge in [-0.15, -0.1) is 0 Å². The van der Waals surface area contributed by atoms with E-state index in [2.05, 4.69) is 66.8 Å². The van der Waals surface area contributed by atoms with Gasteiger partial charge in [0.25, 0.3) is 0 Å². The normalized spacial score (nSPS) is 17.6. The van der Waals surface area contributed by atoms with E-state index in [0.29, 0.717) is 23.1 Å². The Kier molecular flexibility index (Phi) is 7.44. The number of guanidine groups is 1. The van der Waals surface area contributed by atoms with Crippen LogP contribution in [0.4, 0.5) is 5.95 Å². The van der Waals surface area contributed by atoms with Gasteiger partial charge in [-0.05, 0) is 50.5 Å². The number of hydrogen-bond donors (Lipinski definition) is 2. The van der Waals surface area contributed by atoms with E-state index < -0.39 is 0 Å². The summed E-state index contributed by atoms with van der Waals surface area (Å²) in [6.07, 6.45) is 6.73. The van der Waals surface area contributed by atoms with E-state index in [0.717, 1.165) is 57.0 Å². The third kappa shape index (κ3) is 6.83. The molecular formula is C24H31N7S. The molecule has 1 saturated heterocycles. The predicted octanol–water partition coefficient (Wildman–Crippen LogP) is 3.23. The van der Waals surface area contributed by atoms with Gasteiger partial charge in [0.15, 0.2) is 5.11 Å². The Bertz CT molecular complexity index is 957. The molecule has 2 aliphatic rings. The summed E-state index contributed by atoms with van der Waals surface area (Å²) in [5, 5.41) is 7.15. The topological polar surface area (TPSA) is 68.7 Å². The highest BCUT2D eigenvalue weighted by Gasteiger charge is 2.24. The number of aromatic nitrogens is 2.